The largest absolute Gasteiger partial charge is 0.494 e. The minimum atomic E-state index is -0.496. The molecule has 0 atom stereocenters. The normalized spacial score (nSPS) is 10.6. The second-order valence-electron chi connectivity index (χ2n) is 7.60. The van der Waals surface area contributed by atoms with E-state index in [2.05, 4.69) is 16.0 Å². The number of carbonyl (C=O) groups is 2. The number of thiocarbonyl (C=S) groups is 1. The van der Waals surface area contributed by atoms with Gasteiger partial charge in [0, 0.05) is 28.3 Å². The van der Waals surface area contributed by atoms with Crippen LogP contribution in [0.2, 0.25) is 5.02 Å². The monoisotopic (exact) mass is 485 g/mol. The Morgan fingerprint density at radius 3 is 2.48 bits per heavy atom. The van der Waals surface area contributed by atoms with E-state index in [9.17, 15) is 9.59 Å². The van der Waals surface area contributed by atoms with Crippen LogP contribution in [-0.4, -0.2) is 24.0 Å². The molecule has 0 spiro atoms. The van der Waals surface area contributed by atoms with Crippen molar-refractivity contribution in [3.05, 3.63) is 64.9 Å². The molecular formula is C24H24ClN3O4S. The van der Waals surface area contributed by atoms with Crippen molar-refractivity contribution < 1.29 is 18.7 Å². The second-order valence-corrected chi connectivity index (χ2v) is 8.41. The van der Waals surface area contributed by atoms with Crippen LogP contribution in [0, 0.1) is 12.8 Å². The third kappa shape index (κ3) is 6.12. The predicted molar refractivity (Wildman–Crippen MR) is 134 cm³/mol. The van der Waals surface area contributed by atoms with Gasteiger partial charge in [-0.1, -0.05) is 37.6 Å². The van der Waals surface area contributed by atoms with Gasteiger partial charge in [0.15, 0.2) is 10.9 Å². The van der Waals surface area contributed by atoms with Crippen LogP contribution in [0.4, 0.5) is 11.4 Å². The van der Waals surface area contributed by atoms with Crippen molar-refractivity contribution in [3.8, 4) is 17.1 Å². The van der Waals surface area contributed by atoms with Gasteiger partial charge >= 0.3 is 0 Å². The molecule has 1 aromatic heterocycles. The summed E-state index contributed by atoms with van der Waals surface area (Å²) in [7, 11) is 1.50. The molecule has 1 heterocycles. The zero-order valence-electron chi connectivity index (χ0n) is 18.6. The first-order valence-corrected chi connectivity index (χ1v) is 10.9. The van der Waals surface area contributed by atoms with E-state index in [0.717, 1.165) is 11.1 Å². The maximum atomic E-state index is 12.5. The highest BCUT2D eigenvalue weighted by atomic mass is 35.5. The SMILES string of the molecule is COc1cc(NC(=S)NC(=O)c2ccc(-c3ccc(C)c(Cl)c3)o2)ccc1NC(=O)C(C)C. The van der Waals surface area contributed by atoms with E-state index in [0.29, 0.717) is 27.9 Å². The molecule has 0 unspecified atom stereocenters. The standard InChI is InChI=1S/C24H24ClN3O4S/c1-13(2)22(29)27-18-8-7-16(12-21(18)31-4)26-24(33)28-23(30)20-10-9-19(32-20)15-6-5-14(3)17(25)11-15/h5-13H,1-4H3,(H,27,29)(H2,26,28,30,33). The van der Waals surface area contributed by atoms with Gasteiger partial charge in [0.1, 0.15) is 11.5 Å². The van der Waals surface area contributed by atoms with Crippen LogP contribution in [0.5, 0.6) is 5.75 Å². The lowest BCUT2D eigenvalue weighted by Gasteiger charge is -2.14. The van der Waals surface area contributed by atoms with Gasteiger partial charge in [0.05, 0.1) is 12.8 Å². The molecule has 0 saturated carbocycles. The van der Waals surface area contributed by atoms with Gasteiger partial charge in [-0.05, 0) is 55.0 Å². The number of amides is 2. The summed E-state index contributed by atoms with van der Waals surface area (Å²) >= 11 is 11.4. The van der Waals surface area contributed by atoms with Crippen molar-refractivity contribution in [2.45, 2.75) is 20.8 Å². The van der Waals surface area contributed by atoms with Crippen LogP contribution >= 0.6 is 23.8 Å². The summed E-state index contributed by atoms with van der Waals surface area (Å²) in [6.07, 6.45) is 0. The summed E-state index contributed by atoms with van der Waals surface area (Å²) in [6, 6.07) is 13.9. The van der Waals surface area contributed by atoms with Crippen LogP contribution < -0.4 is 20.7 Å². The summed E-state index contributed by atoms with van der Waals surface area (Å²) in [5, 5.41) is 9.00. The third-order valence-electron chi connectivity index (χ3n) is 4.75. The van der Waals surface area contributed by atoms with E-state index >= 15 is 0 Å². The summed E-state index contributed by atoms with van der Waals surface area (Å²) in [4.78, 5) is 24.5. The first-order chi connectivity index (χ1) is 15.7. The molecule has 0 saturated heterocycles. The lowest BCUT2D eigenvalue weighted by Crippen LogP contribution is -2.33. The van der Waals surface area contributed by atoms with Crippen LogP contribution in [0.15, 0.2) is 52.9 Å². The zero-order valence-corrected chi connectivity index (χ0v) is 20.2. The quantitative estimate of drug-likeness (QED) is 0.391. The molecule has 2 amide bonds. The number of anilines is 2. The maximum Gasteiger partial charge on any atom is 0.293 e. The second kappa shape index (κ2) is 10.5. The van der Waals surface area contributed by atoms with Crippen molar-refractivity contribution in [3.63, 3.8) is 0 Å². The average molecular weight is 486 g/mol. The van der Waals surface area contributed by atoms with E-state index in [1.54, 1.807) is 50.2 Å². The van der Waals surface area contributed by atoms with E-state index in [-0.39, 0.29) is 22.7 Å². The molecule has 0 radical (unpaired) electrons. The van der Waals surface area contributed by atoms with Crippen molar-refractivity contribution >= 4 is 52.1 Å². The van der Waals surface area contributed by atoms with E-state index < -0.39 is 5.91 Å². The average Bonchev–Trinajstić information content (AvgIpc) is 3.27. The van der Waals surface area contributed by atoms with Crippen LogP contribution in [0.25, 0.3) is 11.3 Å². The Hall–Kier alpha value is -3.36. The molecule has 3 aromatic rings. The summed E-state index contributed by atoms with van der Waals surface area (Å²) in [5.74, 6) is 0.295. The minimum Gasteiger partial charge on any atom is -0.494 e. The van der Waals surface area contributed by atoms with E-state index in [4.69, 9.17) is 33.0 Å². The van der Waals surface area contributed by atoms with Crippen molar-refractivity contribution in [1.82, 2.24) is 5.32 Å². The lowest BCUT2D eigenvalue weighted by molar-refractivity contribution is -0.118. The fourth-order valence-electron chi connectivity index (χ4n) is 2.84. The number of nitrogens with one attached hydrogen (secondary N) is 3. The fourth-order valence-corrected chi connectivity index (χ4v) is 3.23. The topological polar surface area (TPSA) is 92.6 Å². The van der Waals surface area contributed by atoms with Gasteiger partial charge in [-0.3, -0.25) is 14.9 Å². The number of rotatable bonds is 6. The highest BCUT2D eigenvalue weighted by Crippen LogP contribution is 2.29. The van der Waals surface area contributed by atoms with Gasteiger partial charge in [-0.25, -0.2) is 0 Å². The number of carbonyl (C=O) groups excluding carboxylic acids is 2. The molecule has 0 aliphatic carbocycles. The van der Waals surface area contributed by atoms with Gasteiger partial charge in [-0.15, -0.1) is 0 Å². The van der Waals surface area contributed by atoms with Crippen LogP contribution in [0.1, 0.15) is 30.0 Å². The van der Waals surface area contributed by atoms with Crippen LogP contribution in [-0.2, 0) is 4.79 Å². The smallest absolute Gasteiger partial charge is 0.293 e. The molecule has 0 bridgehead atoms. The predicted octanol–water partition coefficient (Wildman–Crippen LogP) is 5.64. The zero-order chi connectivity index (χ0) is 24.1. The molecule has 0 aliphatic rings. The van der Waals surface area contributed by atoms with Gasteiger partial charge in [-0.2, -0.15) is 0 Å². The Labute approximate surface area is 202 Å². The molecule has 172 valence electrons. The van der Waals surface area contributed by atoms with Gasteiger partial charge in [0.25, 0.3) is 5.91 Å². The fraction of sp³-hybridized carbons (Fsp3) is 0.208. The Bertz CT molecular complexity index is 1210. The highest BCUT2D eigenvalue weighted by molar-refractivity contribution is 7.80. The first-order valence-electron chi connectivity index (χ1n) is 10.2. The first kappa shape index (κ1) is 24.3. The number of benzene rings is 2. The van der Waals surface area contributed by atoms with Crippen LogP contribution in [0.3, 0.4) is 0 Å². The Morgan fingerprint density at radius 1 is 1.06 bits per heavy atom. The molecule has 3 N–H and O–H groups in total. The molecule has 33 heavy (non-hydrogen) atoms. The van der Waals surface area contributed by atoms with Crippen molar-refractivity contribution in [2.24, 2.45) is 5.92 Å². The summed E-state index contributed by atoms with van der Waals surface area (Å²) < 4.78 is 11.0. The molecule has 2 aromatic carbocycles. The number of aryl methyl sites for hydroxylation is 1. The minimum absolute atomic E-state index is 0.0809. The third-order valence-corrected chi connectivity index (χ3v) is 5.37. The van der Waals surface area contributed by atoms with Crippen molar-refractivity contribution in [2.75, 3.05) is 17.7 Å². The number of halogens is 1. The molecule has 0 fully saturated rings. The summed E-state index contributed by atoms with van der Waals surface area (Å²) in [5.41, 5.74) is 2.83. The van der Waals surface area contributed by atoms with E-state index in [1.807, 2.05) is 19.1 Å². The van der Waals surface area contributed by atoms with E-state index in [1.165, 1.54) is 7.11 Å². The Morgan fingerprint density at radius 2 is 1.82 bits per heavy atom. The lowest BCUT2D eigenvalue weighted by atomic mass is 10.1. The number of hydrogen-bond acceptors (Lipinski definition) is 5. The Kier molecular flexibility index (Phi) is 7.73. The molecule has 3 rings (SSSR count). The Balaban J connectivity index is 1.65. The molecule has 0 aliphatic heterocycles. The maximum absolute atomic E-state index is 12.5. The molecular weight excluding hydrogens is 462 g/mol. The summed E-state index contributed by atoms with van der Waals surface area (Å²) in [6.45, 7) is 5.51. The molecule has 9 heteroatoms. The van der Waals surface area contributed by atoms with Gasteiger partial charge < -0.3 is 19.8 Å². The highest BCUT2D eigenvalue weighted by Gasteiger charge is 2.15. The molecule has 7 nitrogen and oxygen atoms in total. The van der Waals surface area contributed by atoms with Crippen molar-refractivity contribution in [1.29, 1.82) is 0 Å². The number of ether oxygens (including phenoxy) is 1. The number of hydrogen-bond donors (Lipinski definition) is 3. The van der Waals surface area contributed by atoms with Gasteiger partial charge in [0.2, 0.25) is 5.91 Å². The number of furan rings is 1. The number of methoxy groups -OCH3 is 1.